The van der Waals surface area contributed by atoms with E-state index in [0.717, 1.165) is 68.5 Å². The number of anilines is 2. The SMILES string of the molecule is CN1CCN(c2cc(OCCNC(=O)C3CCCN(c4ccc(-c5ccc(Cl)cc5)nn4)C3)ncn2)CC1. The molecular formula is C27H33ClN8O2. The summed E-state index contributed by atoms with van der Waals surface area (Å²) in [5.41, 5.74) is 1.75. The number of hydrogen-bond acceptors (Lipinski definition) is 9. The van der Waals surface area contributed by atoms with Gasteiger partial charge in [-0.1, -0.05) is 23.7 Å². The minimum Gasteiger partial charge on any atom is -0.476 e. The van der Waals surface area contributed by atoms with Crippen LogP contribution < -0.4 is 19.9 Å². The maximum atomic E-state index is 12.9. The van der Waals surface area contributed by atoms with E-state index in [1.807, 2.05) is 42.5 Å². The molecule has 200 valence electrons. The molecular weight excluding hydrogens is 504 g/mol. The summed E-state index contributed by atoms with van der Waals surface area (Å²) in [5.74, 6) is 2.10. The Kier molecular flexibility index (Phi) is 8.50. The molecule has 4 heterocycles. The molecule has 1 unspecified atom stereocenters. The molecule has 1 aromatic carbocycles. The van der Waals surface area contributed by atoms with Crippen LogP contribution in [0.1, 0.15) is 12.8 Å². The molecule has 1 atom stereocenters. The third-order valence-electron chi connectivity index (χ3n) is 7.01. The summed E-state index contributed by atoms with van der Waals surface area (Å²) < 4.78 is 5.80. The topological polar surface area (TPSA) is 99.6 Å². The minimum atomic E-state index is -0.107. The molecule has 2 aliphatic heterocycles. The zero-order valence-electron chi connectivity index (χ0n) is 21.6. The molecule has 2 fully saturated rings. The molecule has 11 heteroatoms. The van der Waals surface area contributed by atoms with Crippen LogP contribution in [0.3, 0.4) is 0 Å². The number of nitrogens with one attached hydrogen (secondary N) is 1. The Bertz CT molecular complexity index is 1200. The van der Waals surface area contributed by atoms with Gasteiger partial charge in [0, 0.05) is 55.9 Å². The van der Waals surface area contributed by atoms with Gasteiger partial charge in [-0.3, -0.25) is 4.79 Å². The van der Waals surface area contributed by atoms with Crippen LogP contribution in [0.15, 0.2) is 48.8 Å². The van der Waals surface area contributed by atoms with E-state index in [4.69, 9.17) is 16.3 Å². The average molecular weight is 537 g/mol. The lowest BCUT2D eigenvalue weighted by molar-refractivity contribution is -0.125. The second-order valence-corrected chi connectivity index (χ2v) is 10.1. The molecule has 0 spiro atoms. The maximum absolute atomic E-state index is 12.9. The van der Waals surface area contributed by atoms with Crippen molar-refractivity contribution in [2.45, 2.75) is 12.8 Å². The van der Waals surface area contributed by atoms with Crippen molar-refractivity contribution >= 4 is 29.1 Å². The van der Waals surface area contributed by atoms with E-state index in [0.29, 0.717) is 30.6 Å². The van der Waals surface area contributed by atoms with Crippen molar-refractivity contribution in [3.63, 3.8) is 0 Å². The number of halogens is 1. The number of rotatable bonds is 8. The smallest absolute Gasteiger partial charge is 0.225 e. The number of piperidine rings is 1. The summed E-state index contributed by atoms with van der Waals surface area (Å²) in [4.78, 5) is 28.1. The molecule has 2 saturated heterocycles. The van der Waals surface area contributed by atoms with Crippen LogP contribution in [0, 0.1) is 5.92 Å². The number of carbonyl (C=O) groups excluding carboxylic acids is 1. The number of ether oxygens (including phenoxy) is 1. The Morgan fingerprint density at radius 3 is 2.58 bits per heavy atom. The molecule has 2 aromatic heterocycles. The summed E-state index contributed by atoms with van der Waals surface area (Å²) in [7, 11) is 2.12. The van der Waals surface area contributed by atoms with Gasteiger partial charge in [-0.2, -0.15) is 0 Å². The lowest BCUT2D eigenvalue weighted by Crippen LogP contribution is -2.44. The lowest BCUT2D eigenvalue weighted by Gasteiger charge is -2.33. The van der Waals surface area contributed by atoms with Gasteiger partial charge in [-0.05, 0) is 44.2 Å². The minimum absolute atomic E-state index is 0.0323. The molecule has 0 aliphatic carbocycles. The average Bonchev–Trinajstić information content (AvgIpc) is 2.96. The summed E-state index contributed by atoms with van der Waals surface area (Å²) in [6.07, 6.45) is 3.30. The summed E-state index contributed by atoms with van der Waals surface area (Å²) in [6, 6.07) is 13.3. The van der Waals surface area contributed by atoms with Gasteiger partial charge in [-0.25, -0.2) is 9.97 Å². The van der Waals surface area contributed by atoms with Crippen molar-refractivity contribution in [2.24, 2.45) is 5.92 Å². The van der Waals surface area contributed by atoms with Crippen LogP contribution in [-0.4, -0.2) is 90.4 Å². The van der Waals surface area contributed by atoms with E-state index < -0.39 is 0 Å². The summed E-state index contributed by atoms with van der Waals surface area (Å²) >= 11 is 5.98. The molecule has 0 saturated carbocycles. The van der Waals surface area contributed by atoms with E-state index in [1.54, 1.807) is 0 Å². The fourth-order valence-corrected chi connectivity index (χ4v) is 4.89. The van der Waals surface area contributed by atoms with E-state index in [-0.39, 0.29) is 11.8 Å². The van der Waals surface area contributed by atoms with Crippen molar-refractivity contribution in [1.29, 1.82) is 0 Å². The first-order valence-electron chi connectivity index (χ1n) is 13.1. The molecule has 10 nitrogen and oxygen atoms in total. The zero-order chi connectivity index (χ0) is 26.3. The normalized spacial score (nSPS) is 18.3. The first-order valence-corrected chi connectivity index (χ1v) is 13.4. The highest BCUT2D eigenvalue weighted by Gasteiger charge is 2.26. The predicted molar refractivity (Wildman–Crippen MR) is 148 cm³/mol. The Balaban J connectivity index is 1.08. The molecule has 5 rings (SSSR count). The number of carbonyl (C=O) groups is 1. The third kappa shape index (κ3) is 6.68. The van der Waals surface area contributed by atoms with Gasteiger partial charge in [0.05, 0.1) is 18.2 Å². The molecule has 38 heavy (non-hydrogen) atoms. The van der Waals surface area contributed by atoms with E-state index >= 15 is 0 Å². The first kappa shape index (κ1) is 26.1. The number of likely N-dealkylation sites (N-methyl/N-ethyl adjacent to an activating group) is 1. The van der Waals surface area contributed by atoms with E-state index in [9.17, 15) is 4.79 Å². The summed E-state index contributed by atoms with van der Waals surface area (Å²) in [6.45, 7) is 6.10. The Morgan fingerprint density at radius 2 is 1.82 bits per heavy atom. The monoisotopic (exact) mass is 536 g/mol. The van der Waals surface area contributed by atoms with Crippen molar-refractivity contribution in [3.05, 3.63) is 53.8 Å². The largest absolute Gasteiger partial charge is 0.476 e. The Hall–Kier alpha value is -3.50. The highest BCUT2D eigenvalue weighted by molar-refractivity contribution is 6.30. The highest BCUT2D eigenvalue weighted by atomic mass is 35.5. The number of nitrogens with zero attached hydrogens (tertiary/aromatic N) is 7. The molecule has 1 amide bonds. The molecule has 2 aliphatic rings. The molecule has 0 bridgehead atoms. The second kappa shape index (κ2) is 12.4. The van der Waals surface area contributed by atoms with Crippen LogP contribution in [0.4, 0.5) is 11.6 Å². The van der Waals surface area contributed by atoms with E-state index in [1.165, 1.54) is 6.33 Å². The predicted octanol–water partition coefficient (Wildman–Crippen LogP) is 2.75. The number of amides is 1. The van der Waals surface area contributed by atoms with Gasteiger partial charge < -0.3 is 24.8 Å². The number of aromatic nitrogens is 4. The van der Waals surface area contributed by atoms with Crippen LogP contribution in [-0.2, 0) is 4.79 Å². The number of piperazine rings is 1. The van der Waals surface area contributed by atoms with Gasteiger partial charge in [0.1, 0.15) is 18.8 Å². The van der Waals surface area contributed by atoms with Gasteiger partial charge in [-0.15, -0.1) is 10.2 Å². The summed E-state index contributed by atoms with van der Waals surface area (Å²) in [5, 5.41) is 12.5. The fourth-order valence-electron chi connectivity index (χ4n) is 4.76. The third-order valence-corrected chi connectivity index (χ3v) is 7.26. The van der Waals surface area contributed by atoms with Crippen LogP contribution >= 0.6 is 11.6 Å². The molecule has 1 N–H and O–H groups in total. The van der Waals surface area contributed by atoms with E-state index in [2.05, 4.69) is 47.2 Å². The molecule has 0 radical (unpaired) electrons. The van der Waals surface area contributed by atoms with Gasteiger partial charge in [0.2, 0.25) is 11.8 Å². The number of benzene rings is 1. The van der Waals surface area contributed by atoms with Gasteiger partial charge in [0.15, 0.2) is 5.82 Å². The first-order chi connectivity index (χ1) is 18.5. The van der Waals surface area contributed by atoms with Crippen LogP contribution in [0.2, 0.25) is 5.02 Å². The van der Waals surface area contributed by atoms with Crippen molar-refractivity contribution in [2.75, 3.05) is 69.3 Å². The lowest BCUT2D eigenvalue weighted by atomic mass is 9.97. The Labute approximate surface area is 228 Å². The highest BCUT2D eigenvalue weighted by Crippen LogP contribution is 2.24. The second-order valence-electron chi connectivity index (χ2n) is 9.71. The van der Waals surface area contributed by atoms with Crippen molar-refractivity contribution in [3.8, 4) is 17.1 Å². The van der Waals surface area contributed by atoms with Crippen molar-refractivity contribution < 1.29 is 9.53 Å². The van der Waals surface area contributed by atoms with Gasteiger partial charge in [0.25, 0.3) is 0 Å². The number of hydrogen-bond donors (Lipinski definition) is 1. The zero-order valence-corrected chi connectivity index (χ0v) is 22.3. The van der Waals surface area contributed by atoms with Crippen molar-refractivity contribution in [1.82, 2.24) is 30.4 Å². The Morgan fingerprint density at radius 1 is 1.00 bits per heavy atom. The fraction of sp³-hybridized carbons (Fsp3) is 0.444. The van der Waals surface area contributed by atoms with Gasteiger partial charge >= 0.3 is 0 Å². The quantitative estimate of drug-likeness (QED) is 0.435. The maximum Gasteiger partial charge on any atom is 0.225 e. The van der Waals surface area contributed by atoms with Crippen LogP contribution in [0.5, 0.6) is 5.88 Å². The standard InChI is InChI=1S/C27H33ClN8O2/c1-34-12-14-35(15-13-34)25-17-26(31-19-30-25)38-16-10-29-27(37)21-3-2-11-36(18-21)24-9-8-23(32-33-24)20-4-6-22(28)7-5-20/h4-9,17,19,21H,2-3,10-16,18H2,1H3,(H,29,37). The molecule has 3 aromatic rings. The van der Waals surface area contributed by atoms with Crippen LogP contribution in [0.25, 0.3) is 11.3 Å².